The second-order valence-electron chi connectivity index (χ2n) is 2.87. The normalized spacial score (nSPS) is 8.38. The highest BCUT2D eigenvalue weighted by molar-refractivity contribution is 7.61. The van der Waals surface area contributed by atoms with Gasteiger partial charge < -0.3 is 5.73 Å². The van der Waals surface area contributed by atoms with Gasteiger partial charge in [-0.1, -0.05) is 24.3 Å². The maximum absolute atomic E-state index is 9.65. The van der Waals surface area contributed by atoms with E-state index in [4.69, 9.17) is 0 Å². The molecule has 7 heteroatoms. The van der Waals surface area contributed by atoms with Gasteiger partial charge >= 0.3 is 16.5 Å². The van der Waals surface area contributed by atoms with E-state index >= 15 is 0 Å². The summed E-state index contributed by atoms with van der Waals surface area (Å²) in [4.78, 5) is 9.65. The van der Waals surface area contributed by atoms with Crippen LogP contribution in [0.4, 0.5) is 4.79 Å². The third-order valence-corrected chi connectivity index (χ3v) is 1.90. The molecule has 0 aliphatic carbocycles. The SMILES string of the molecule is Cc1ccccc1C.NC(=O)NN=S(=O)=O. The fourth-order valence-electron chi connectivity index (χ4n) is 0.745. The number of nitrogens with two attached hydrogens (primary N) is 1. The van der Waals surface area contributed by atoms with Crippen molar-refractivity contribution in [2.75, 3.05) is 0 Å². The molecular formula is C9H13N3O3S. The number of nitrogens with zero attached hydrogens (tertiary/aromatic N) is 1. The van der Waals surface area contributed by atoms with Crippen LogP contribution in [0.25, 0.3) is 0 Å². The number of nitrogens with one attached hydrogen (secondary N) is 1. The predicted octanol–water partition coefficient (Wildman–Crippen LogP) is 0.936. The Bertz CT molecular complexity index is 454. The van der Waals surface area contributed by atoms with Gasteiger partial charge in [0.1, 0.15) is 0 Å². The lowest BCUT2D eigenvalue weighted by molar-refractivity contribution is 0.249. The van der Waals surface area contributed by atoms with E-state index in [1.54, 1.807) is 0 Å². The molecule has 2 amide bonds. The Morgan fingerprint density at radius 3 is 1.88 bits per heavy atom. The lowest BCUT2D eigenvalue weighted by atomic mass is 10.1. The third kappa shape index (κ3) is 7.51. The second kappa shape index (κ2) is 7.41. The zero-order valence-electron chi connectivity index (χ0n) is 8.97. The number of hydrogen-bond donors (Lipinski definition) is 2. The maximum Gasteiger partial charge on any atom is 0.333 e. The number of primary amides is 1. The highest BCUT2D eigenvalue weighted by Gasteiger charge is 1.84. The first kappa shape index (κ1) is 14.1. The first-order valence-corrected chi connectivity index (χ1v) is 5.34. The molecule has 0 bridgehead atoms. The van der Waals surface area contributed by atoms with Crippen LogP contribution in [0.3, 0.4) is 0 Å². The Kier molecular flexibility index (Phi) is 6.53. The molecule has 0 spiro atoms. The van der Waals surface area contributed by atoms with Crippen LogP contribution in [0, 0.1) is 13.8 Å². The van der Waals surface area contributed by atoms with Gasteiger partial charge in [-0.05, 0) is 29.4 Å². The van der Waals surface area contributed by atoms with Crippen molar-refractivity contribution in [3.8, 4) is 0 Å². The molecule has 88 valence electrons. The maximum atomic E-state index is 9.65. The van der Waals surface area contributed by atoms with Crippen LogP contribution < -0.4 is 11.2 Å². The molecule has 0 aliphatic heterocycles. The first-order chi connectivity index (χ1) is 7.43. The van der Waals surface area contributed by atoms with E-state index in [0.29, 0.717) is 0 Å². The van der Waals surface area contributed by atoms with Crippen molar-refractivity contribution >= 4 is 16.5 Å². The van der Waals surface area contributed by atoms with Crippen LogP contribution in [-0.2, 0) is 10.5 Å². The van der Waals surface area contributed by atoms with E-state index < -0.39 is 16.5 Å². The number of amides is 2. The molecule has 1 rings (SSSR count). The number of urea groups is 1. The highest BCUT2D eigenvalue weighted by atomic mass is 32.2. The molecular weight excluding hydrogens is 230 g/mol. The second-order valence-corrected chi connectivity index (χ2v) is 3.49. The summed E-state index contributed by atoms with van der Waals surface area (Å²) >= 11 is 0. The summed E-state index contributed by atoms with van der Waals surface area (Å²) in [6.07, 6.45) is 0. The van der Waals surface area contributed by atoms with E-state index in [-0.39, 0.29) is 0 Å². The molecule has 1 aromatic carbocycles. The van der Waals surface area contributed by atoms with E-state index in [9.17, 15) is 13.2 Å². The smallest absolute Gasteiger partial charge is 0.333 e. The number of carbonyl (C=O) groups is 1. The number of hydrogen-bond acceptors (Lipinski definition) is 4. The fourth-order valence-corrected chi connectivity index (χ4v) is 0.909. The van der Waals surface area contributed by atoms with Crippen LogP contribution >= 0.6 is 0 Å². The molecule has 0 heterocycles. The van der Waals surface area contributed by atoms with E-state index in [1.165, 1.54) is 16.6 Å². The Labute approximate surface area is 95.1 Å². The van der Waals surface area contributed by atoms with Crippen molar-refractivity contribution < 1.29 is 13.2 Å². The fraction of sp³-hybridized carbons (Fsp3) is 0.222. The van der Waals surface area contributed by atoms with Gasteiger partial charge in [0.15, 0.2) is 0 Å². The monoisotopic (exact) mass is 243 g/mol. The molecule has 0 saturated carbocycles. The van der Waals surface area contributed by atoms with Crippen LogP contribution in [-0.4, -0.2) is 14.4 Å². The molecule has 16 heavy (non-hydrogen) atoms. The lowest BCUT2D eigenvalue weighted by Gasteiger charge is -1.93. The molecule has 0 radical (unpaired) electrons. The van der Waals surface area contributed by atoms with Crippen LogP contribution in [0.1, 0.15) is 11.1 Å². The topological polar surface area (TPSA) is 102 Å². The Morgan fingerprint density at radius 1 is 1.25 bits per heavy atom. The van der Waals surface area contributed by atoms with Crippen molar-refractivity contribution in [1.29, 1.82) is 0 Å². The van der Waals surface area contributed by atoms with Gasteiger partial charge in [0, 0.05) is 0 Å². The van der Waals surface area contributed by atoms with Crippen molar-refractivity contribution in [1.82, 2.24) is 5.43 Å². The summed E-state index contributed by atoms with van der Waals surface area (Å²) in [6, 6.07) is 7.35. The molecule has 1 aromatic rings. The minimum Gasteiger partial charge on any atom is -0.350 e. The van der Waals surface area contributed by atoms with Gasteiger partial charge in [0.25, 0.3) is 0 Å². The molecule has 3 N–H and O–H groups in total. The minimum atomic E-state index is -2.62. The molecule has 6 nitrogen and oxygen atoms in total. The molecule has 0 fully saturated rings. The zero-order chi connectivity index (χ0) is 12.6. The van der Waals surface area contributed by atoms with Crippen LogP contribution in [0.2, 0.25) is 0 Å². The molecule has 0 atom stereocenters. The van der Waals surface area contributed by atoms with Gasteiger partial charge in [-0.15, -0.1) is 0 Å². The number of carbonyl (C=O) groups excluding carboxylic acids is 1. The van der Waals surface area contributed by atoms with E-state index in [0.717, 1.165) is 0 Å². The number of aryl methyl sites for hydroxylation is 2. The summed E-state index contributed by atoms with van der Waals surface area (Å²) in [5.41, 5.74) is 8.66. The Hall–Kier alpha value is -1.89. The first-order valence-electron chi connectivity index (χ1n) is 4.31. The van der Waals surface area contributed by atoms with Crippen molar-refractivity contribution in [2.24, 2.45) is 10.2 Å². The van der Waals surface area contributed by atoms with Gasteiger partial charge in [0.05, 0.1) is 0 Å². The van der Waals surface area contributed by atoms with Crippen molar-refractivity contribution in [3.63, 3.8) is 0 Å². The highest BCUT2D eigenvalue weighted by Crippen LogP contribution is 2.02. The van der Waals surface area contributed by atoms with Crippen LogP contribution in [0.15, 0.2) is 28.7 Å². The van der Waals surface area contributed by atoms with E-state index in [1.807, 2.05) is 0 Å². The largest absolute Gasteiger partial charge is 0.350 e. The van der Waals surface area contributed by atoms with E-state index in [2.05, 4.69) is 48.3 Å². The Morgan fingerprint density at radius 2 is 1.69 bits per heavy atom. The van der Waals surface area contributed by atoms with Gasteiger partial charge in [-0.2, -0.15) is 8.42 Å². The number of rotatable bonds is 1. The summed E-state index contributed by atoms with van der Waals surface area (Å²) in [6.45, 7) is 4.24. The minimum absolute atomic E-state index is 1.01. The third-order valence-electron chi connectivity index (χ3n) is 1.66. The van der Waals surface area contributed by atoms with Gasteiger partial charge in [0.2, 0.25) is 0 Å². The average molecular weight is 243 g/mol. The predicted molar refractivity (Wildman–Crippen MR) is 60.0 cm³/mol. The molecule has 0 saturated heterocycles. The summed E-state index contributed by atoms with van der Waals surface area (Å²) in [5, 5.41) is 0. The molecule has 0 aliphatic rings. The van der Waals surface area contributed by atoms with Crippen LogP contribution in [0.5, 0.6) is 0 Å². The van der Waals surface area contributed by atoms with Crippen molar-refractivity contribution in [2.45, 2.75) is 13.8 Å². The molecule has 0 unspecified atom stereocenters. The standard InChI is InChI=1S/C8H10.CH3N3O3S/c1-7-5-3-4-6-8(7)2;2-1(5)3-4-8(6)7/h3-6H,1-2H3;(H3,2,3,5). The summed E-state index contributed by atoms with van der Waals surface area (Å²) < 4.78 is 21.4. The van der Waals surface area contributed by atoms with Gasteiger partial charge in [-0.25, -0.2) is 10.2 Å². The average Bonchev–Trinajstić information content (AvgIpc) is 2.20. The zero-order valence-corrected chi connectivity index (χ0v) is 9.78. The summed E-state index contributed by atoms with van der Waals surface area (Å²) in [5.74, 6) is 0. The Balaban J connectivity index is 0.000000281. The number of benzene rings is 1. The van der Waals surface area contributed by atoms with Gasteiger partial charge in [-0.3, -0.25) is 0 Å². The summed E-state index contributed by atoms with van der Waals surface area (Å²) in [7, 11) is -2.62. The quantitative estimate of drug-likeness (QED) is 0.717. The van der Waals surface area contributed by atoms with Crippen molar-refractivity contribution in [3.05, 3.63) is 35.4 Å². The molecule has 0 aromatic heterocycles. The lowest BCUT2D eigenvalue weighted by Crippen LogP contribution is -2.23.